The fourth-order valence-electron chi connectivity index (χ4n) is 2.57. The number of thiazole rings is 1. The molecule has 0 atom stereocenters. The molecule has 0 unspecified atom stereocenters. The van der Waals surface area contributed by atoms with Crippen LogP contribution in [0.25, 0.3) is 4.96 Å². The highest BCUT2D eigenvalue weighted by Crippen LogP contribution is 2.19. The monoisotopic (exact) mass is 263 g/mol. The first-order valence-electron chi connectivity index (χ1n) is 6.56. The molecule has 1 saturated carbocycles. The molecule has 2 aromatic heterocycles. The van der Waals surface area contributed by atoms with E-state index in [-0.39, 0.29) is 5.91 Å². The predicted octanol–water partition coefficient (Wildman–Crippen LogP) is 2.85. The van der Waals surface area contributed by atoms with E-state index in [4.69, 9.17) is 0 Å². The van der Waals surface area contributed by atoms with Gasteiger partial charge in [-0.2, -0.15) is 0 Å². The molecule has 2 aromatic rings. The van der Waals surface area contributed by atoms with Crippen molar-refractivity contribution in [1.82, 2.24) is 14.7 Å². The summed E-state index contributed by atoms with van der Waals surface area (Å²) >= 11 is 1.51. The maximum atomic E-state index is 12.2. The van der Waals surface area contributed by atoms with E-state index in [0.717, 1.165) is 17.8 Å². The first-order valence-corrected chi connectivity index (χ1v) is 7.44. The number of fused-ring (bicyclic) bond motifs is 1. The smallest absolute Gasteiger partial charge is 0.269 e. The second-order valence-corrected chi connectivity index (χ2v) is 5.70. The molecular weight excluding hydrogens is 246 g/mol. The second kappa shape index (κ2) is 5.10. The Bertz CT molecular complexity index is 537. The van der Waals surface area contributed by atoms with E-state index in [1.54, 1.807) is 6.20 Å². The fourth-order valence-corrected chi connectivity index (χ4v) is 3.40. The van der Waals surface area contributed by atoms with Crippen molar-refractivity contribution >= 4 is 22.2 Å². The zero-order chi connectivity index (χ0) is 12.4. The Morgan fingerprint density at radius 1 is 1.33 bits per heavy atom. The van der Waals surface area contributed by atoms with Crippen molar-refractivity contribution in [1.29, 1.82) is 0 Å². The number of amides is 1. The molecule has 3 rings (SSSR count). The molecule has 1 aliphatic rings. The SMILES string of the molecule is O=C(NC1CCCCCC1)c1csc2nccn12. The number of hydrogen-bond acceptors (Lipinski definition) is 3. The summed E-state index contributed by atoms with van der Waals surface area (Å²) in [6, 6.07) is 0.346. The second-order valence-electron chi connectivity index (χ2n) is 4.86. The Morgan fingerprint density at radius 3 is 2.89 bits per heavy atom. The van der Waals surface area contributed by atoms with Crippen LogP contribution in [0.5, 0.6) is 0 Å². The van der Waals surface area contributed by atoms with Gasteiger partial charge in [-0.1, -0.05) is 25.7 Å². The summed E-state index contributed by atoms with van der Waals surface area (Å²) in [6.07, 6.45) is 10.9. The third kappa shape index (κ3) is 2.27. The third-order valence-corrected chi connectivity index (χ3v) is 4.42. The van der Waals surface area contributed by atoms with E-state index in [1.807, 2.05) is 16.0 Å². The van der Waals surface area contributed by atoms with Crippen molar-refractivity contribution in [2.24, 2.45) is 0 Å². The van der Waals surface area contributed by atoms with Crippen molar-refractivity contribution in [3.05, 3.63) is 23.5 Å². The van der Waals surface area contributed by atoms with Crippen LogP contribution in [-0.2, 0) is 0 Å². The summed E-state index contributed by atoms with van der Waals surface area (Å²) in [4.78, 5) is 17.3. The van der Waals surface area contributed by atoms with Crippen molar-refractivity contribution in [3.63, 3.8) is 0 Å². The lowest BCUT2D eigenvalue weighted by atomic mass is 10.1. The van der Waals surface area contributed by atoms with Crippen LogP contribution in [0, 0.1) is 0 Å². The molecule has 1 fully saturated rings. The standard InChI is InChI=1S/C13H17N3OS/c17-12(15-10-5-3-1-2-4-6-10)11-9-18-13-14-7-8-16(11)13/h7-10H,1-6H2,(H,15,17). The highest BCUT2D eigenvalue weighted by atomic mass is 32.1. The van der Waals surface area contributed by atoms with Gasteiger partial charge >= 0.3 is 0 Å². The average molecular weight is 263 g/mol. The van der Waals surface area contributed by atoms with Crippen LogP contribution in [0.15, 0.2) is 17.8 Å². The number of nitrogens with zero attached hydrogens (tertiary/aromatic N) is 2. The maximum Gasteiger partial charge on any atom is 0.269 e. The molecule has 0 radical (unpaired) electrons. The number of hydrogen-bond donors (Lipinski definition) is 1. The minimum absolute atomic E-state index is 0.0335. The molecular formula is C13H17N3OS. The summed E-state index contributed by atoms with van der Waals surface area (Å²) in [6.45, 7) is 0. The Morgan fingerprint density at radius 2 is 2.11 bits per heavy atom. The van der Waals surface area contributed by atoms with Gasteiger partial charge < -0.3 is 5.32 Å². The normalized spacial score (nSPS) is 17.8. The maximum absolute atomic E-state index is 12.2. The number of nitrogens with one attached hydrogen (secondary N) is 1. The first kappa shape index (κ1) is 11.7. The molecule has 96 valence electrons. The van der Waals surface area contributed by atoms with Gasteiger partial charge in [0.15, 0.2) is 4.96 Å². The summed E-state index contributed by atoms with van der Waals surface area (Å²) in [5, 5.41) is 5.05. The van der Waals surface area contributed by atoms with Gasteiger partial charge in [-0.25, -0.2) is 4.98 Å². The molecule has 4 nitrogen and oxygen atoms in total. The van der Waals surface area contributed by atoms with E-state index in [1.165, 1.54) is 37.0 Å². The summed E-state index contributed by atoms with van der Waals surface area (Å²) in [7, 11) is 0. The minimum Gasteiger partial charge on any atom is -0.348 e. The van der Waals surface area contributed by atoms with E-state index < -0.39 is 0 Å². The Hall–Kier alpha value is -1.36. The Labute approximate surface area is 110 Å². The molecule has 1 aliphatic carbocycles. The van der Waals surface area contributed by atoms with E-state index in [2.05, 4.69) is 10.3 Å². The van der Waals surface area contributed by atoms with Crippen LogP contribution in [0.2, 0.25) is 0 Å². The van der Waals surface area contributed by atoms with Gasteiger partial charge in [0.2, 0.25) is 0 Å². The molecule has 0 aromatic carbocycles. The summed E-state index contributed by atoms with van der Waals surface area (Å²) in [5.74, 6) is 0.0335. The molecule has 0 saturated heterocycles. The van der Waals surface area contributed by atoms with E-state index in [0.29, 0.717) is 11.7 Å². The van der Waals surface area contributed by atoms with Crippen LogP contribution in [0.1, 0.15) is 49.0 Å². The first-order chi connectivity index (χ1) is 8.84. The number of imidazole rings is 1. The van der Waals surface area contributed by atoms with Crippen LogP contribution in [-0.4, -0.2) is 21.3 Å². The van der Waals surface area contributed by atoms with Gasteiger partial charge in [0.05, 0.1) is 0 Å². The van der Waals surface area contributed by atoms with Crippen molar-refractivity contribution in [3.8, 4) is 0 Å². The molecule has 1 N–H and O–H groups in total. The summed E-state index contributed by atoms with van der Waals surface area (Å²) in [5.41, 5.74) is 0.705. The zero-order valence-corrected chi connectivity index (χ0v) is 11.1. The van der Waals surface area contributed by atoms with Gasteiger partial charge in [-0.3, -0.25) is 9.20 Å². The van der Waals surface area contributed by atoms with Crippen molar-refractivity contribution in [2.45, 2.75) is 44.6 Å². The average Bonchev–Trinajstić information content (AvgIpc) is 2.87. The zero-order valence-electron chi connectivity index (χ0n) is 10.3. The van der Waals surface area contributed by atoms with E-state index >= 15 is 0 Å². The van der Waals surface area contributed by atoms with Crippen molar-refractivity contribution in [2.75, 3.05) is 0 Å². The molecule has 0 bridgehead atoms. The molecule has 0 spiro atoms. The van der Waals surface area contributed by atoms with E-state index in [9.17, 15) is 4.79 Å². The topological polar surface area (TPSA) is 46.4 Å². The molecule has 1 amide bonds. The van der Waals surface area contributed by atoms with Gasteiger partial charge in [-0.05, 0) is 12.8 Å². The van der Waals surface area contributed by atoms with Gasteiger partial charge in [0.25, 0.3) is 5.91 Å². The summed E-state index contributed by atoms with van der Waals surface area (Å²) < 4.78 is 1.86. The lowest BCUT2D eigenvalue weighted by Crippen LogP contribution is -2.34. The van der Waals surface area contributed by atoms with Crippen LogP contribution < -0.4 is 5.32 Å². The minimum atomic E-state index is 0.0335. The number of carbonyl (C=O) groups excluding carboxylic acids is 1. The lowest BCUT2D eigenvalue weighted by Gasteiger charge is -2.15. The highest BCUT2D eigenvalue weighted by Gasteiger charge is 2.18. The molecule has 0 aliphatic heterocycles. The largest absolute Gasteiger partial charge is 0.348 e. The number of rotatable bonds is 2. The Kier molecular flexibility index (Phi) is 3.32. The van der Waals surface area contributed by atoms with Crippen LogP contribution in [0.3, 0.4) is 0 Å². The molecule has 2 heterocycles. The fraction of sp³-hybridized carbons (Fsp3) is 0.538. The molecule has 18 heavy (non-hydrogen) atoms. The van der Waals surface area contributed by atoms with Gasteiger partial charge in [0, 0.05) is 23.8 Å². The van der Waals surface area contributed by atoms with Crippen molar-refractivity contribution < 1.29 is 4.79 Å². The Balaban J connectivity index is 1.72. The lowest BCUT2D eigenvalue weighted by molar-refractivity contribution is 0.0927. The predicted molar refractivity (Wildman–Crippen MR) is 72.0 cm³/mol. The number of aromatic nitrogens is 2. The van der Waals surface area contributed by atoms with Crippen LogP contribution in [0.4, 0.5) is 0 Å². The van der Waals surface area contributed by atoms with Gasteiger partial charge in [-0.15, -0.1) is 11.3 Å². The van der Waals surface area contributed by atoms with Gasteiger partial charge in [0.1, 0.15) is 5.69 Å². The van der Waals surface area contributed by atoms with Crippen LogP contribution >= 0.6 is 11.3 Å². The highest BCUT2D eigenvalue weighted by molar-refractivity contribution is 7.15. The number of carbonyl (C=O) groups is 1. The molecule has 5 heteroatoms. The quantitative estimate of drug-likeness (QED) is 0.847. The third-order valence-electron chi connectivity index (χ3n) is 3.57.